The molecule has 0 radical (unpaired) electrons. The van der Waals surface area contributed by atoms with Crippen LogP contribution in [-0.2, 0) is 6.42 Å². The van der Waals surface area contributed by atoms with Crippen molar-refractivity contribution in [2.45, 2.75) is 52.1 Å². The lowest BCUT2D eigenvalue weighted by atomic mass is 9.99. The Kier molecular flexibility index (Phi) is 3.52. The Morgan fingerprint density at radius 1 is 1.21 bits per heavy atom. The van der Waals surface area contributed by atoms with Gasteiger partial charge in [0.1, 0.15) is 5.82 Å². The lowest BCUT2D eigenvalue weighted by Crippen LogP contribution is -2.44. The summed E-state index contributed by atoms with van der Waals surface area (Å²) >= 11 is 0. The number of carbonyl (C=O) groups excluding carboxylic acids is 1. The summed E-state index contributed by atoms with van der Waals surface area (Å²) in [5, 5.41) is 3.07. The topological polar surface area (TPSA) is 58.1 Å². The van der Waals surface area contributed by atoms with Crippen LogP contribution in [0.5, 0.6) is 0 Å². The molecule has 2 aliphatic heterocycles. The fourth-order valence-electron chi connectivity index (χ4n) is 3.89. The average molecular weight is 322 g/mol. The molecule has 3 heterocycles. The van der Waals surface area contributed by atoms with E-state index in [1.165, 1.54) is 11.1 Å². The molecule has 1 aromatic carbocycles. The number of nitrogens with zero attached hydrogens (tertiary/aromatic N) is 3. The van der Waals surface area contributed by atoms with Gasteiger partial charge in [-0.25, -0.2) is 14.8 Å². The number of hydrogen-bond donors (Lipinski definition) is 1. The Morgan fingerprint density at radius 3 is 2.83 bits per heavy atom. The summed E-state index contributed by atoms with van der Waals surface area (Å²) in [5.74, 6) is 0.807. The summed E-state index contributed by atoms with van der Waals surface area (Å²) in [5.41, 5.74) is 5.50. The Morgan fingerprint density at radius 2 is 2.04 bits per heavy atom. The van der Waals surface area contributed by atoms with Crippen molar-refractivity contribution in [1.82, 2.24) is 14.9 Å². The highest BCUT2D eigenvalue weighted by Crippen LogP contribution is 2.43. The van der Waals surface area contributed by atoms with E-state index in [1.54, 1.807) is 0 Å². The van der Waals surface area contributed by atoms with Crippen molar-refractivity contribution in [2.24, 2.45) is 0 Å². The maximum Gasteiger partial charge on any atom is 0.322 e. The molecule has 2 bridgehead atoms. The molecule has 24 heavy (non-hydrogen) atoms. The van der Waals surface area contributed by atoms with Gasteiger partial charge in [0.2, 0.25) is 0 Å². The van der Waals surface area contributed by atoms with Gasteiger partial charge in [-0.1, -0.05) is 6.07 Å². The second kappa shape index (κ2) is 5.58. The van der Waals surface area contributed by atoms with Crippen LogP contribution in [0.15, 0.2) is 24.4 Å². The van der Waals surface area contributed by atoms with E-state index in [4.69, 9.17) is 0 Å². The highest BCUT2D eigenvalue weighted by atomic mass is 16.2. The van der Waals surface area contributed by atoms with E-state index in [1.807, 2.05) is 36.2 Å². The molecule has 5 nitrogen and oxygen atoms in total. The minimum absolute atomic E-state index is 0.0167. The molecule has 1 aromatic heterocycles. The SMILES string of the molecule is Cc1ncc2c(n1)C[C@@H]1CC[C@H]2N1C(=O)Nc1ccc(C)c(C)c1. The Balaban J connectivity index is 1.59. The summed E-state index contributed by atoms with van der Waals surface area (Å²) in [4.78, 5) is 23.8. The molecule has 0 unspecified atom stereocenters. The molecule has 1 fully saturated rings. The van der Waals surface area contributed by atoms with Crippen molar-refractivity contribution < 1.29 is 4.79 Å². The van der Waals surface area contributed by atoms with Crippen molar-refractivity contribution in [3.63, 3.8) is 0 Å². The normalized spacial score (nSPS) is 21.5. The molecule has 0 saturated carbocycles. The molecule has 1 saturated heterocycles. The maximum atomic E-state index is 12.9. The number of rotatable bonds is 1. The van der Waals surface area contributed by atoms with Gasteiger partial charge < -0.3 is 10.2 Å². The zero-order chi connectivity index (χ0) is 16.8. The third kappa shape index (κ3) is 2.44. The van der Waals surface area contributed by atoms with Crippen LogP contribution in [0.2, 0.25) is 0 Å². The minimum Gasteiger partial charge on any atom is -0.314 e. The molecule has 2 amide bonds. The van der Waals surface area contributed by atoms with Crippen LogP contribution in [0, 0.1) is 20.8 Å². The number of urea groups is 1. The van der Waals surface area contributed by atoms with E-state index >= 15 is 0 Å². The summed E-state index contributed by atoms with van der Waals surface area (Å²) in [7, 11) is 0. The van der Waals surface area contributed by atoms with Crippen molar-refractivity contribution >= 4 is 11.7 Å². The zero-order valence-electron chi connectivity index (χ0n) is 14.3. The molecule has 124 valence electrons. The summed E-state index contributed by atoms with van der Waals surface area (Å²) in [6, 6.07) is 6.36. The number of benzene rings is 1. The van der Waals surface area contributed by atoms with Crippen LogP contribution in [0.1, 0.15) is 47.1 Å². The van der Waals surface area contributed by atoms with E-state index in [0.717, 1.165) is 42.0 Å². The molecular formula is C19H22N4O. The largest absolute Gasteiger partial charge is 0.322 e. The highest BCUT2D eigenvalue weighted by molar-refractivity contribution is 5.90. The van der Waals surface area contributed by atoms with Crippen LogP contribution in [-0.4, -0.2) is 26.9 Å². The first-order chi connectivity index (χ1) is 11.5. The van der Waals surface area contributed by atoms with Gasteiger partial charge in [-0.05, 0) is 56.9 Å². The average Bonchev–Trinajstić information content (AvgIpc) is 2.86. The van der Waals surface area contributed by atoms with Gasteiger partial charge in [0.05, 0.1) is 11.7 Å². The van der Waals surface area contributed by atoms with E-state index in [9.17, 15) is 4.79 Å². The maximum absolute atomic E-state index is 12.9. The molecule has 2 aliphatic rings. The first-order valence-corrected chi connectivity index (χ1v) is 8.52. The van der Waals surface area contributed by atoms with E-state index in [-0.39, 0.29) is 18.1 Å². The van der Waals surface area contributed by atoms with E-state index in [2.05, 4.69) is 29.1 Å². The van der Waals surface area contributed by atoms with Crippen molar-refractivity contribution in [3.05, 3.63) is 52.6 Å². The molecule has 0 spiro atoms. The Hall–Kier alpha value is -2.43. The Labute approximate surface area is 142 Å². The zero-order valence-corrected chi connectivity index (χ0v) is 14.3. The quantitative estimate of drug-likeness (QED) is 0.871. The number of aromatic nitrogens is 2. The molecule has 2 aromatic rings. The second-order valence-corrected chi connectivity index (χ2v) is 6.91. The van der Waals surface area contributed by atoms with Gasteiger partial charge in [0.15, 0.2) is 0 Å². The number of amides is 2. The fourth-order valence-corrected chi connectivity index (χ4v) is 3.89. The molecule has 2 atom stereocenters. The molecule has 5 heteroatoms. The second-order valence-electron chi connectivity index (χ2n) is 6.91. The van der Waals surface area contributed by atoms with Crippen LogP contribution < -0.4 is 5.32 Å². The predicted molar refractivity (Wildman–Crippen MR) is 93.0 cm³/mol. The smallest absolute Gasteiger partial charge is 0.314 e. The van der Waals surface area contributed by atoms with Crippen LogP contribution >= 0.6 is 0 Å². The van der Waals surface area contributed by atoms with Gasteiger partial charge in [-0.15, -0.1) is 0 Å². The first-order valence-electron chi connectivity index (χ1n) is 8.52. The third-order valence-corrected chi connectivity index (χ3v) is 5.30. The number of anilines is 1. The van der Waals surface area contributed by atoms with Crippen LogP contribution in [0.25, 0.3) is 0 Å². The number of carbonyl (C=O) groups is 1. The molecular weight excluding hydrogens is 300 g/mol. The van der Waals surface area contributed by atoms with Crippen molar-refractivity contribution in [1.29, 1.82) is 0 Å². The van der Waals surface area contributed by atoms with Crippen molar-refractivity contribution in [2.75, 3.05) is 5.32 Å². The standard InChI is InChI=1S/C19H22N4O/c1-11-4-5-14(8-12(11)2)22-19(24)23-15-6-7-18(23)16-10-20-13(3)21-17(16)9-15/h4-5,8,10,15,18H,6-7,9H2,1-3H3,(H,22,24)/t15-,18+/m0/s1. The molecule has 0 aliphatic carbocycles. The van der Waals surface area contributed by atoms with E-state index in [0.29, 0.717) is 0 Å². The van der Waals surface area contributed by atoms with Gasteiger partial charge in [0, 0.05) is 29.9 Å². The first kappa shape index (κ1) is 15.1. The Bertz CT molecular complexity index is 817. The van der Waals surface area contributed by atoms with E-state index < -0.39 is 0 Å². The summed E-state index contributed by atoms with van der Waals surface area (Å²) < 4.78 is 0. The molecule has 4 rings (SSSR count). The highest BCUT2D eigenvalue weighted by Gasteiger charge is 2.43. The van der Waals surface area contributed by atoms with Gasteiger partial charge in [-0.2, -0.15) is 0 Å². The lowest BCUT2D eigenvalue weighted by molar-refractivity contribution is 0.178. The number of hydrogen-bond acceptors (Lipinski definition) is 3. The summed E-state index contributed by atoms with van der Waals surface area (Å²) in [6.45, 7) is 6.05. The minimum atomic E-state index is -0.0167. The predicted octanol–water partition coefficient (Wildman–Crippen LogP) is 3.70. The number of fused-ring (bicyclic) bond motifs is 4. The number of aryl methyl sites for hydroxylation is 3. The summed E-state index contributed by atoms with van der Waals surface area (Å²) in [6.07, 6.45) is 4.75. The van der Waals surface area contributed by atoms with Crippen LogP contribution in [0.4, 0.5) is 10.5 Å². The lowest BCUT2D eigenvalue weighted by Gasteiger charge is -2.35. The van der Waals surface area contributed by atoms with Gasteiger partial charge >= 0.3 is 6.03 Å². The third-order valence-electron chi connectivity index (χ3n) is 5.30. The van der Waals surface area contributed by atoms with Crippen molar-refractivity contribution in [3.8, 4) is 0 Å². The fraction of sp³-hybridized carbons (Fsp3) is 0.421. The molecule has 1 N–H and O–H groups in total. The monoisotopic (exact) mass is 322 g/mol. The van der Waals surface area contributed by atoms with Gasteiger partial charge in [-0.3, -0.25) is 0 Å². The van der Waals surface area contributed by atoms with Gasteiger partial charge in [0.25, 0.3) is 0 Å². The number of nitrogens with one attached hydrogen (secondary N) is 1. The van der Waals surface area contributed by atoms with Crippen LogP contribution in [0.3, 0.4) is 0 Å².